The molecule has 0 unspecified atom stereocenters. The van der Waals surface area contributed by atoms with Crippen molar-refractivity contribution in [3.8, 4) is 5.75 Å². The maximum Gasteiger partial charge on any atom is 0.269 e. The normalized spacial score (nSPS) is 9.72. The van der Waals surface area contributed by atoms with Gasteiger partial charge < -0.3 is 15.2 Å². The molecule has 0 heterocycles. The average Bonchev–Trinajstić information content (AvgIpc) is 2.63. The van der Waals surface area contributed by atoms with Gasteiger partial charge in [0.25, 0.3) is 5.69 Å². The molecule has 0 saturated carbocycles. The Morgan fingerprint density at radius 3 is 2.36 bits per heavy atom. The highest BCUT2D eigenvalue weighted by molar-refractivity contribution is 5.55. The van der Waals surface area contributed by atoms with Crippen molar-refractivity contribution in [2.75, 3.05) is 25.6 Å². The van der Waals surface area contributed by atoms with Crippen molar-refractivity contribution in [3.05, 3.63) is 64.2 Å². The first-order chi connectivity index (χ1) is 12.1. The minimum Gasteiger partial charge on any atom is -0.495 e. The van der Waals surface area contributed by atoms with Crippen LogP contribution in [0.15, 0.2) is 48.5 Å². The van der Waals surface area contributed by atoms with Crippen LogP contribution in [0.2, 0.25) is 0 Å². The number of nitro benzene ring substituents is 1. The Labute approximate surface area is 148 Å². The molecule has 2 rings (SSSR count). The van der Waals surface area contributed by atoms with Crippen molar-refractivity contribution in [2.24, 2.45) is 0 Å². The predicted molar refractivity (Wildman–Crippen MR) is 100 cm³/mol. The van der Waals surface area contributed by atoms with Gasteiger partial charge >= 0.3 is 0 Å². The third kappa shape index (κ3) is 7.67. The molecule has 0 aliphatic rings. The number of aliphatic hydroxyl groups excluding tert-OH is 1. The molecule has 2 aromatic rings. The van der Waals surface area contributed by atoms with Crippen LogP contribution >= 0.6 is 0 Å². The third-order valence-electron chi connectivity index (χ3n) is 3.46. The van der Waals surface area contributed by atoms with Crippen molar-refractivity contribution in [1.29, 1.82) is 0 Å². The van der Waals surface area contributed by atoms with Gasteiger partial charge in [0.1, 0.15) is 5.75 Å². The second-order valence-electron chi connectivity index (χ2n) is 5.32. The summed E-state index contributed by atoms with van der Waals surface area (Å²) in [5, 5.41) is 21.5. The van der Waals surface area contributed by atoms with Crippen molar-refractivity contribution < 1.29 is 14.8 Å². The van der Waals surface area contributed by atoms with E-state index in [0.717, 1.165) is 42.8 Å². The number of methoxy groups -OCH3 is 1. The number of ether oxygens (including phenoxy) is 1. The van der Waals surface area contributed by atoms with Crippen molar-refractivity contribution in [1.82, 2.24) is 0 Å². The summed E-state index contributed by atoms with van der Waals surface area (Å²) in [6.07, 6.45) is 2.97. The predicted octanol–water partition coefficient (Wildman–Crippen LogP) is 4.04. The maximum absolute atomic E-state index is 10.6. The minimum atomic E-state index is -0.374. The number of non-ortho nitro benzene ring substituents is 1. The Hall–Kier alpha value is -2.60. The molecule has 0 aliphatic heterocycles. The lowest BCUT2D eigenvalue weighted by Crippen LogP contribution is -2.03. The van der Waals surface area contributed by atoms with E-state index < -0.39 is 0 Å². The standard InChI is InChI=1S/C17H20N2O3.C2H6O/c1-22-17-8-3-2-7-16(17)18-13-5-4-6-14-9-11-15(12-10-14)19(20)21;1-2-3/h2-3,7-12,18H,4-6,13H2,1H3;3H,2H2,1H3. The first kappa shape index (κ1) is 20.4. The number of aliphatic hydroxyl groups is 1. The molecular formula is C19H26N2O4. The fourth-order valence-corrected chi connectivity index (χ4v) is 2.25. The Balaban J connectivity index is 0.000000970. The van der Waals surface area contributed by atoms with E-state index in [-0.39, 0.29) is 17.2 Å². The number of nitrogens with zero attached hydrogens (tertiary/aromatic N) is 1. The minimum absolute atomic E-state index is 0.140. The molecule has 136 valence electrons. The number of anilines is 1. The number of nitrogens with one attached hydrogen (secondary N) is 1. The summed E-state index contributed by atoms with van der Waals surface area (Å²) in [6.45, 7) is 2.80. The summed E-state index contributed by atoms with van der Waals surface area (Å²) >= 11 is 0. The van der Waals surface area contributed by atoms with Crippen LogP contribution in [0.4, 0.5) is 11.4 Å². The molecule has 0 amide bonds. The zero-order valence-corrected chi connectivity index (χ0v) is 14.8. The molecule has 0 bridgehead atoms. The van der Waals surface area contributed by atoms with Crippen LogP contribution < -0.4 is 10.1 Å². The quantitative estimate of drug-likeness (QED) is 0.428. The molecule has 0 saturated heterocycles. The number of unbranched alkanes of at least 4 members (excludes halogenated alkanes) is 1. The molecule has 0 aliphatic carbocycles. The van der Waals surface area contributed by atoms with Gasteiger partial charge in [-0.25, -0.2) is 0 Å². The van der Waals surface area contributed by atoms with Gasteiger partial charge in [-0.2, -0.15) is 0 Å². The molecule has 2 N–H and O–H groups in total. The van der Waals surface area contributed by atoms with Gasteiger partial charge in [-0.1, -0.05) is 24.3 Å². The SMILES string of the molecule is CCO.COc1ccccc1NCCCCc1ccc([N+](=O)[O-])cc1. The summed E-state index contributed by atoms with van der Waals surface area (Å²) in [6, 6.07) is 14.6. The zero-order chi connectivity index (χ0) is 18.5. The lowest BCUT2D eigenvalue weighted by Gasteiger charge is -2.10. The lowest BCUT2D eigenvalue weighted by atomic mass is 10.1. The summed E-state index contributed by atoms with van der Waals surface area (Å²) < 4.78 is 5.28. The van der Waals surface area contributed by atoms with E-state index in [1.807, 2.05) is 36.4 Å². The number of aryl methyl sites for hydroxylation is 1. The van der Waals surface area contributed by atoms with Crippen LogP contribution in [-0.4, -0.2) is 30.3 Å². The Morgan fingerprint density at radius 2 is 1.76 bits per heavy atom. The molecule has 6 heteroatoms. The Morgan fingerprint density at radius 1 is 1.12 bits per heavy atom. The summed E-state index contributed by atoms with van der Waals surface area (Å²) in [5.74, 6) is 0.845. The van der Waals surface area contributed by atoms with Crippen LogP contribution in [0.1, 0.15) is 25.3 Å². The number of rotatable bonds is 8. The monoisotopic (exact) mass is 346 g/mol. The molecule has 6 nitrogen and oxygen atoms in total. The van der Waals surface area contributed by atoms with Crippen LogP contribution in [-0.2, 0) is 6.42 Å². The number of benzene rings is 2. The number of para-hydroxylation sites is 2. The van der Waals surface area contributed by atoms with Crippen molar-refractivity contribution in [2.45, 2.75) is 26.2 Å². The molecule has 0 aromatic heterocycles. The molecule has 25 heavy (non-hydrogen) atoms. The van der Waals surface area contributed by atoms with Crippen LogP contribution in [0, 0.1) is 10.1 Å². The maximum atomic E-state index is 10.6. The van der Waals surface area contributed by atoms with Gasteiger partial charge in [0.2, 0.25) is 0 Å². The number of hydrogen-bond acceptors (Lipinski definition) is 5. The van der Waals surface area contributed by atoms with E-state index in [2.05, 4.69) is 5.32 Å². The first-order valence-electron chi connectivity index (χ1n) is 8.33. The van der Waals surface area contributed by atoms with E-state index >= 15 is 0 Å². The van der Waals surface area contributed by atoms with Gasteiger partial charge in [-0.3, -0.25) is 10.1 Å². The molecule has 0 atom stereocenters. The summed E-state index contributed by atoms with van der Waals surface area (Å²) in [4.78, 5) is 10.2. The van der Waals surface area contributed by atoms with Gasteiger partial charge in [-0.05, 0) is 43.9 Å². The molecule has 2 aromatic carbocycles. The van der Waals surface area contributed by atoms with Crippen LogP contribution in [0.25, 0.3) is 0 Å². The summed E-state index contributed by atoms with van der Waals surface area (Å²) in [5.41, 5.74) is 2.27. The smallest absolute Gasteiger partial charge is 0.269 e. The van der Waals surface area contributed by atoms with Crippen LogP contribution in [0.3, 0.4) is 0 Å². The van der Waals surface area contributed by atoms with E-state index in [0.29, 0.717) is 0 Å². The lowest BCUT2D eigenvalue weighted by molar-refractivity contribution is -0.384. The zero-order valence-electron chi connectivity index (χ0n) is 14.8. The van der Waals surface area contributed by atoms with E-state index in [4.69, 9.17) is 9.84 Å². The number of hydrogen-bond donors (Lipinski definition) is 2. The molecule has 0 fully saturated rings. The Kier molecular flexibility index (Phi) is 9.70. The second-order valence-corrected chi connectivity index (χ2v) is 5.32. The fraction of sp³-hybridized carbons (Fsp3) is 0.368. The van der Waals surface area contributed by atoms with E-state index in [1.54, 1.807) is 26.2 Å². The van der Waals surface area contributed by atoms with Crippen LogP contribution in [0.5, 0.6) is 5.75 Å². The first-order valence-corrected chi connectivity index (χ1v) is 8.33. The van der Waals surface area contributed by atoms with Crippen molar-refractivity contribution >= 4 is 11.4 Å². The van der Waals surface area contributed by atoms with Gasteiger partial charge in [0.05, 0.1) is 17.7 Å². The Bertz CT molecular complexity index is 630. The van der Waals surface area contributed by atoms with Gasteiger partial charge in [0.15, 0.2) is 0 Å². The third-order valence-corrected chi connectivity index (χ3v) is 3.46. The number of nitro groups is 1. The highest BCUT2D eigenvalue weighted by Crippen LogP contribution is 2.23. The van der Waals surface area contributed by atoms with Crippen molar-refractivity contribution in [3.63, 3.8) is 0 Å². The highest BCUT2D eigenvalue weighted by atomic mass is 16.6. The van der Waals surface area contributed by atoms with Gasteiger partial charge in [-0.15, -0.1) is 0 Å². The highest BCUT2D eigenvalue weighted by Gasteiger charge is 2.04. The molecule has 0 radical (unpaired) electrons. The molecular weight excluding hydrogens is 320 g/mol. The van der Waals surface area contributed by atoms with E-state index in [9.17, 15) is 10.1 Å². The largest absolute Gasteiger partial charge is 0.495 e. The topological polar surface area (TPSA) is 84.6 Å². The van der Waals surface area contributed by atoms with E-state index in [1.165, 1.54) is 0 Å². The average molecular weight is 346 g/mol. The second kappa shape index (κ2) is 11.9. The fourth-order valence-electron chi connectivity index (χ4n) is 2.25. The summed E-state index contributed by atoms with van der Waals surface area (Å²) in [7, 11) is 1.66. The van der Waals surface area contributed by atoms with Gasteiger partial charge in [0, 0.05) is 25.3 Å². The molecule has 0 spiro atoms.